The van der Waals surface area contributed by atoms with Gasteiger partial charge in [0.2, 0.25) is 0 Å². The van der Waals surface area contributed by atoms with Crippen molar-refractivity contribution >= 4 is 60.4 Å². The number of anilines is 3. The highest BCUT2D eigenvalue weighted by Gasteiger charge is 2.18. The van der Waals surface area contributed by atoms with E-state index in [0.29, 0.717) is 11.4 Å². The van der Waals surface area contributed by atoms with Gasteiger partial charge in [-0.05, 0) is 95.0 Å². The van der Waals surface area contributed by atoms with Crippen LogP contribution < -0.4 is 4.90 Å². The van der Waals surface area contributed by atoms with Crippen LogP contribution in [0.1, 0.15) is 18.0 Å². The van der Waals surface area contributed by atoms with Crippen LogP contribution in [-0.2, 0) is 0 Å². The monoisotopic (exact) mass is 634 g/mol. The highest BCUT2D eigenvalue weighted by Crippen LogP contribution is 2.40. The Balaban J connectivity index is 1.27. The fraction of sp³-hybridized carbons (Fsp3) is 0.0455. The van der Waals surface area contributed by atoms with E-state index in [1.165, 1.54) is 0 Å². The maximum absolute atomic E-state index is 9.06. The second-order valence-electron chi connectivity index (χ2n) is 12.1. The third-order valence-electron chi connectivity index (χ3n) is 9.27. The van der Waals surface area contributed by atoms with Crippen LogP contribution in [0, 0.1) is 13.8 Å². The molecule has 0 atom stereocenters. The number of nitrogens with zero attached hydrogens (tertiary/aromatic N) is 5. The van der Waals surface area contributed by atoms with Crippen molar-refractivity contribution in [3.8, 4) is 22.5 Å². The molecule has 9 rings (SSSR count). The van der Waals surface area contributed by atoms with E-state index in [4.69, 9.17) is 16.8 Å². The number of rotatable bonds is 5. The molecule has 7 aromatic carbocycles. The number of hydrogen-bond acceptors (Lipinski definition) is 5. The van der Waals surface area contributed by atoms with E-state index in [1.807, 2.05) is 72.8 Å². The molecule has 0 N–H and O–H groups in total. The molecule has 0 bridgehead atoms. The average Bonchev–Trinajstić information content (AvgIpc) is 3.21. The first-order valence-electron chi connectivity index (χ1n) is 18.6. The van der Waals surface area contributed by atoms with Gasteiger partial charge in [-0.15, -0.1) is 0 Å². The highest BCUT2D eigenvalue weighted by atomic mass is 15.1. The summed E-state index contributed by atoms with van der Waals surface area (Å²) in [6, 6.07) is 34.0. The van der Waals surface area contributed by atoms with Gasteiger partial charge in [0, 0.05) is 39.0 Å². The first-order chi connectivity index (χ1) is 26.2. The molecule has 5 nitrogen and oxygen atoms in total. The van der Waals surface area contributed by atoms with Gasteiger partial charge in [0.05, 0.1) is 29.3 Å². The van der Waals surface area contributed by atoms with Crippen molar-refractivity contribution in [3.05, 3.63) is 163 Å². The van der Waals surface area contributed by atoms with Gasteiger partial charge >= 0.3 is 0 Å². The van der Waals surface area contributed by atoms with Crippen LogP contribution in [0.25, 0.3) is 65.9 Å². The Morgan fingerprint density at radius 1 is 0.469 bits per heavy atom. The van der Waals surface area contributed by atoms with Crippen molar-refractivity contribution in [2.45, 2.75) is 13.8 Å². The molecule has 0 aliphatic heterocycles. The van der Waals surface area contributed by atoms with Crippen LogP contribution in [0.15, 0.2) is 152 Å². The molecule has 0 amide bonds. The van der Waals surface area contributed by atoms with E-state index in [1.54, 1.807) is 17.6 Å². The largest absolute Gasteiger partial charge is 0.310 e. The van der Waals surface area contributed by atoms with Crippen molar-refractivity contribution < 1.29 is 6.85 Å². The lowest BCUT2D eigenvalue weighted by Gasteiger charge is -2.26. The Kier molecular flexibility index (Phi) is 5.66. The summed E-state index contributed by atoms with van der Waals surface area (Å²) in [6.07, 6.45) is 3.14. The van der Waals surface area contributed by atoms with Gasteiger partial charge in [0.25, 0.3) is 0 Å². The number of para-hydroxylation sites is 1. The van der Waals surface area contributed by atoms with Crippen molar-refractivity contribution in [2.75, 3.05) is 4.90 Å². The van der Waals surface area contributed by atoms with Crippen LogP contribution >= 0.6 is 0 Å². The van der Waals surface area contributed by atoms with Gasteiger partial charge in [0.1, 0.15) is 12.7 Å². The summed E-state index contributed by atoms with van der Waals surface area (Å²) in [5.74, 6) is 0. The third-order valence-corrected chi connectivity index (χ3v) is 9.27. The zero-order chi connectivity index (χ0) is 37.2. The van der Waals surface area contributed by atoms with E-state index in [2.05, 4.69) is 60.2 Å². The second-order valence-corrected chi connectivity index (χ2v) is 12.1. The standard InChI is InChI=1S/C44H31N5/c1-28-37-20-8-6-12-30(37)24-39-41(28)45-26-47-43(39)32-14-10-18-35(22-32)49(34-16-4-3-5-17-34)36-19-11-15-33(23-36)44-40-25-31-13-7-9-21-38(31)29(2)42(40)46-27-48-44/h3-27H,1-2H3/i3D,4D,5D,16D,17D. The number of aromatic nitrogens is 4. The number of aryl methyl sites for hydroxylation is 2. The first kappa shape index (κ1) is 23.8. The molecule has 0 saturated carbocycles. The first-order valence-corrected chi connectivity index (χ1v) is 16.1. The SMILES string of the molecule is [2H]c1c([2H])c([2H])c(N(c2cccc(-c3ncnc4c(C)c5ccccc5cc34)c2)c2cccc(-c3ncnc4c(C)c5ccccc5cc34)c2)c([2H])c1[2H]. The van der Waals surface area contributed by atoms with Crippen molar-refractivity contribution in [2.24, 2.45) is 0 Å². The van der Waals surface area contributed by atoms with Gasteiger partial charge in [-0.1, -0.05) is 90.9 Å². The molecule has 0 radical (unpaired) electrons. The molecule has 0 aliphatic rings. The fourth-order valence-corrected chi connectivity index (χ4v) is 6.96. The molecule has 0 aliphatic carbocycles. The Hall–Kier alpha value is -6.46. The smallest absolute Gasteiger partial charge is 0.116 e. The zero-order valence-corrected chi connectivity index (χ0v) is 26.8. The van der Waals surface area contributed by atoms with Crippen LogP contribution in [0.3, 0.4) is 0 Å². The minimum absolute atomic E-state index is 0.0269. The lowest BCUT2D eigenvalue weighted by Crippen LogP contribution is -2.10. The normalized spacial score (nSPS) is 12.9. The molecule has 2 heterocycles. The van der Waals surface area contributed by atoms with Gasteiger partial charge < -0.3 is 4.90 Å². The van der Waals surface area contributed by atoms with Crippen molar-refractivity contribution in [1.29, 1.82) is 0 Å². The summed E-state index contributed by atoms with van der Waals surface area (Å²) < 4.78 is 43.6. The lowest BCUT2D eigenvalue weighted by molar-refractivity contribution is 1.21. The van der Waals surface area contributed by atoms with Crippen LogP contribution in [-0.4, -0.2) is 19.9 Å². The molecule has 2 aromatic heterocycles. The molecule has 49 heavy (non-hydrogen) atoms. The number of hydrogen-bond donors (Lipinski definition) is 0. The van der Waals surface area contributed by atoms with Gasteiger partial charge in [-0.3, -0.25) is 0 Å². The zero-order valence-electron chi connectivity index (χ0n) is 31.8. The predicted octanol–water partition coefficient (Wildman–Crippen LogP) is 11.3. The molecule has 9 aromatic rings. The van der Waals surface area contributed by atoms with Crippen molar-refractivity contribution in [1.82, 2.24) is 19.9 Å². The molecule has 232 valence electrons. The van der Waals surface area contributed by atoms with Gasteiger partial charge in [-0.25, -0.2) is 19.9 Å². The lowest BCUT2D eigenvalue weighted by atomic mass is 9.97. The van der Waals surface area contributed by atoms with E-state index in [-0.39, 0.29) is 17.8 Å². The summed E-state index contributed by atoms with van der Waals surface area (Å²) >= 11 is 0. The summed E-state index contributed by atoms with van der Waals surface area (Å²) in [5, 5.41) is 6.17. The second kappa shape index (κ2) is 11.7. The predicted molar refractivity (Wildman–Crippen MR) is 203 cm³/mol. The Bertz CT molecular complexity index is 2810. The average molecular weight is 635 g/mol. The molecule has 0 unspecified atom stereocenters. The van der Waals surface area contributed by atoms with Crippen LogP contribution in [0.4, 0.5) is 17.1 Å². The van der Waals surface area contributed by atoms with E-state index < -0.39 is 18.1 Å². The molecular weight excluding hydrogens is 599 g/mol. The Labute approximate surface area is 291 Å². The Morgan fingerprint density at radius 3 is 1.47 bits per heavy atom. The van der Waals surface area contributed by atoms with Crippen LogP contribution in [0.2, 0.25) is 0 Å². The third kappa shape index (κ3) is 4.86. The van der Waals surface area contributed by atoms with Crippen LogP contribution in [0.5, 0.6) is 0 Å². The number of benzene rings is 7. The minimum atomic E-state index is -0.457. The highest BCUT2D eigenvalue weighted by molar-refractivity contribution is 6.06. The summed E-state index contributed by atoms with van der Waals surface area (Å²) in [7, 11) is 0. The maximum atomic E-state index is 9.06. The fourth-order valence-electron chi connectivity index (χ4n) is 6.96. The topological polar surface area (TPSA) is 54.8 Å². The molecular formula is C44H31N5. The van der Waals surface area contributed by atoms with Gasteiger partial charge in [-0.2, -0.15) is 0 Å². The van der Waals surface area contributed by atoms with Crippen molar-refractivity contribution in [3.63, 3.8) is 0 Å². The quantitative estimate of drug-likeness (QED) is 0.176. The van der Waals surface area contributed by atoms with E-state index >= 15 is 0 Å². The minimum Gasteiger partial charge on any atom is -0.310 e. The summed E-state index contributed by atoms with van der Waals surface area (Å²) in [5.41, 5.74) is 8.02. The summed E-state index contributed by atoms with van der Waals surface area (Å²) in [4.78, 5) is 20.6. The molecule has 5 heteroatoms. The molecule has 0 saturated heterocycles. The van der Waals surface area contributed by atoms with E-state index in [9.17, 15) is 0 Å². The summed E-state index contributed by atoms with van der Waals surface area (Å²) in [6.45, 7) is 4.13. The van der Waals surface area contributed by atoms with E-state index in [0.717, 1.165) is 77.0 Å². The maximum Gasteiger partial charge on any atom is 0.116 e. The van der Waals surface area contributed by atoms with Gasteiger partial charge in [0.15, 0.2) is 0 Å². The number of fused-ring (bicyclic) bond motifs is 4. The molecule has 0 spiro atoms. The molecule has 0 fully saturated rings. The Morgan fingerprint density at radius 2 is 0.959 bits per heavy atom.